The highest BCUT2D eigenvalue weighted by Gasteiger charge is 2.16. The summed E-state index contributed by atoms with van der Waals surface area (Å²) >= 11 is 0. The van der Waals surface area contributed by atoms with Crippen LogP contribution < -0.4 is 0 Å². The van der Waals surface area contributed by atoms with Crippen molar-refractivity contribution in [3.63, 3.8) is 0 Å². The maximum Gasteiger partial charge on any atom is 0.335 e. The van der Waals surface area contributed by atoms with E-state index in [2.05, 4.69) is 38.5 Å². The monoisotopic (exact) mass is 259 g/mol. The van der Waals surface area contributed by atoms with Gasteiger partial charge in [-0.25, -0.2) is 4.79 Å². The Balaban J connectivity index is 2.87. The number of fused-ring (bicyclic) bond motifs is 1. The number of carbonyl (C=O) groups is 1. The Morgan fingerprint density at radius 2 is 2.00 bits per heavy atom. The smallest absolute Gasteiger partial charge is 0.335 e. The standard InChI is InChI=1S/C16H21NO2/c1-5-11-9-17(6-2)15-13(10(3)4)7-12(16(18)19)8-14(11)15/h7-10H,5-6H2,1-4H3,(H,18,19). The van der Waals surface area contributed by atoms with Gasteiger partial charge in [0.1, 0.15) is 0 Å². The van der Waals surface area contributed by atoms with E-state index in [9.17, 15) is 9.90 Å². The van der Waals surface area contributed by atoms with E-state index in [0.29, 0.717) is 11.5 Å². The van der Waals surface area contributed by atoms with Gasteiger partial charge in [-0.15, -0.1) is 0 Å². The summed E-state index contributed by atoms with van der Waals surface area (Å²) in [6, 6.07) is 3.63. The molecule has 0 radical (unpaired) electrons. The van der Waals surface area contributed by atoms with Gasteiger partial charge in [-0.2, -0.15) is 0 Å². The van der Waals surface area contributed by atoms with Crippen molar-refractivity contribution in [1.29, 1.82) is 0 Å². The highest BCUT2D eigenvalue weighted by Crippen LogP contribution is 2.31. The third-order valence-electron chi connectivity index (χ3n) is 3.67. The fourth-order valence-corrected chi connectivity index (χ4v) is 2.64. The van der Waals surface area contributed by atoms with Crippen molar-refractivity contribution in [1.82, 2.24) is 4.57 Å². The molecule has 0 aliphatic heterocycles. The van der Waals surface area contributed by atoms with Gasteiger partial charge in [-0.3, -0.25) is 0 Å². The lowest BCUT2D eigenvalue weighted by atomic mass is 9.96. The number of benzene rings is 1. The number of nitrogens with zero attached hydrogens (tertiary/aromatic N) is 1. The summed E-state index contributed by atoms with van der Waals surface area (Å²) in [6.45, 7) is 9.35. The van der Waals surface area contributed by atoms with Crippen LogP contribution in [0.1, 0.15) is 55.1 Å². The first-order chi connectivity index (χ1) is 8.99. The third kappa shape index (κ3) is 2.25. The normalized spacial score (nSPS) is 11.4. The highest BCUT2D eigenvalue weighted by atomic mass is 16.4. The first-order valence-corrected chi connectivity index (χ1v) is 6.88. The van der Waals surface area contributed by atoms with E-state index in [-0.39, 0.29) is 0 Å². The lowest BCUT2D eigenvalue weighted by molar-refractivity contribution is 0.0697. The van der Waals surface area contributed by atoms with E-state index in [1.807, 2.05) is 12.1 Å². The molecule has 0 saturated heterocycles. The number of aromatic nitrogens is 1. The fraction of sp³-hybridized carbons (Fsp3) is 0.438. The molecule has 0 unspecified atom stereocenters. The molecule has 0 fully saturated rings. The minimum absolute atomic E-state index is 0.312. The molecule has 3 nitrogen and oxygen atoms in total. The Bertz CT molecular complexity index is 623. The van der Waals surface area contributed by atoms with Crippen LogP contribution in [0.4, 0.5) is 0 Å². The third-order valence-corrected chi connectivity index (χ3v) is 3.67. The number of hydrogen-bond donors (Lipinski definition) is 1. The number of carboxylic acid groups (broad SMARTS) is 1. The molecule has 0 atom stereocenters. The molecule has 1 aromatic heterocycles. The summed E-state index contributed by atoms with van der Waals surface area (Å²) < 4.78 is 2.23. The summed E-state index contributed by atoms with van der Waals surface area (Å²) in [5.74, 6) is -0.540. The Morgan fingerprint density at radius 1 is 1.32 bits per heavy atom. The van der Waals surface area contributed by atoms with Crippen LogP contribution >= 0.6 is 0 Å². The molecule has 1 heterocycles. The number of aryl methyl sites for hydroxylation is 2. The first-order valence-electron chi connectivity index (χ1n) is 6.88. The van der Waals surface area contributed by atoms with Crippen molar-refractivity contribution in [2.24, 2.45) is 0 Å². The molecule has 0 aliphatic carbocycles. The van der Waals surface area contributed by atoms with Gasteiger partial charge < -0.3 is 9.67 Å². The maximum absolute atomic E-state index is 11.3. The summed E-state index contributed by atoms with van der Waals surface area (Å²) in [6.07, 6.45) is 3.08. The number of rotatable bonds is 4. The first kappa shape index (κ1) is 13.7. The van der Waals surface area contributed by atoms with E-state index in [1.165, 1.54) is 11.1 Å². The molecule has 2 aromatic rings. The van der Waals surface area contributed by atoms with Crippen molar-refractivity contribution in [3.8, 4) is 0 Å². The molecule has 0 saturated carbocycles. The van der Waals surface area contributed by atoms with Gasteiger partial charge in [-0.1, -0.05) is 20.8 Å². The molecule has 0 amide bonds. The molecule has 3 heteroatoms. The molecule has 102 valence electrons. The van der Waals surface area contributed by atoms with Crippen molar-refractivity contribution in [2.75, 3.05) is 0 Å². The Hall–Kier alpha value is -1.77. The Labute approximate surface area is 113 Å². The zero-order valence-electron chi connectivity index (χ0n) is 12.0. The van der Waals surface area contributed by atoms with Crippen LogP contribution in [0.3, 0.4) is 0 Å². The van der Waals surface area contributed by atoms with E-state index >= 15 is 0 Å². The van der Waals surface area contributed by atoms with Gasteiger partial charge in [0.15, 0.2) is 0 Å². The quantitative estimate of drug-likeness (QED) is 0.900. The fourth-order valence-electron chi connectivity index (χ4n) is 2.64. The summed E-state index contributed by atoms with van der Waals surface area (Å²) in [5, 5.41) is 10.4. The van der Waals surface area contributed by atoms with Crippen molar-refractivity contribution in [3.05, 3.63) is 35.0 Å². The lowest BCUT2D eigenvalue weighted by Gasteiger charge is -2.12. The number of aromatic carboxylic acids is 1. The van der Waals surface area contributed by atoms with Crippen LogP contribution in [-0.2, 0) is 13.0 Å². The number of hydrogen-bond acceptors (Lipinski definition) is 1. The van der Waals surface area contributed by atoms with E-state index < -0.39 is 5.97 Å². The molecule has 1 aromatic carbocycles. The second-order valence-corrected chi connectivity index (χ2v) is 5.22. The van der Waals surface area contributed by atoms with E-state index in [1.54, 1.807) is 0 Å². The van der Waals surface area contributed by atoms with Crippen molar-refractivity contribution < 1.29 is 9.90 Å². The second-order valence-electron chi connectivity index (χ2n) is 5.22. The van der Waals surface area contributed by atoms with Gasteiger partial charge in [-0.05, 0) is 42.5 Å². The van der Waals surface area contributed by atoms with Crippen molar-refractivity contribution >= 4 is 16.9 Å². The Kier molecular flexibility index (Phi) is 3.65. The number of carboxylic acids is 1. The highest BCUT2D eigenvalue weighted by molar-refractivity contribution is 5.96. The zero-order valence-corrected chi connectivity index (χ0v) is 12.0. The molecule has 0 spiro atoms. The molecule has 19 heavy (non-hydrogen) atoms. The van der Waals surface area contributed by atoms with Crippen LogP contribution in [0, 0.1) is 0 Å². The van der Waals surface area contributed by atoms with Crippen molar-refractivity contribution in [2.45, 2.75) is 46.6 Å². The molecule has 1 N–H and O–H groups in total. The van der Waals surface area contributed by atoms with Gasteiger partial charge in [0, 0.05) is 18.1 Å². The van der Waals surface area contributed by atoms with Gasteiger partial charge in [0.2, 0.25) is 0 Å². The van der Waals surface area contributed by atoms with Crippen LogP contribution in [0.15, 0.2) is 18.3 Å². The average Bonchev–Trinajstić information content (AvgIpc) is 2.75. The van der Waals surface area contributed by atoms with Crippen LogP contribution in [-0.4, -0.2) is 15.6 Å². The predicted octanol–water partition coefficient (Wildman–Crippen LogP) is 4.05. The second kappa shape index (κ2) is 5.08. The minimum Gasteiger partial charge on any atom is -0.478 e. The molecule has 0 aliphatic rings. The van der Waals surface area contributed by atoms with Crippen LogP contribution in [0.5, 0.6) is 0 Å². The van der Waals surface area contributed by atoms with Crippen LogP contribution in [0.25, 0.3) is 10.9 Å². The topological polar surface area (TPSA) is 42.2 Å². The summed E-state index contributed by atoms with van der Waals surface area (Å²) in [7, 11) is 0. The maximum atomic E-state index is 11.3. The SMILES string of the molecule is CCc1cn(CC)c2c(C(C)C)cc(C(=O)O)cc12. The molecular weight excluding hydrogens is 238 g/mol. The zero-order chi connectivity index (χ0) is 14.2. The van der Waals surface area contributed by atoms with Gasteiger partial charge in [0.05, 0.1) is 11.1 Å². The predicted molar refractivity (Wildman–Crippen MR) is 78.0 cm³/mol. The largest absolute Gasteiger partial charge is 0.478 e. The summed E-state index contributed by atoms with van der Waals surface area (Å²) in [4.78, 5) is 11.3. The minimum atomic E-state index is -0.852. The van der Waals surface area contributed by atoms with Gasteiger partial charge >= 0.3 is 5.97 Å². The molecule has 0 bridgehead atoms. The van der Waals surface area contributed by atoms with Gasteiger partial charge in [0.25, 0.3) is 0 Å². The van der Waals surface area contributed by atoms with E-state index in [4.69, 9.17) is 0 Å². The Morgan fingerprint density at radius 3 is 2.47 bits per heavy atom. The van der Waals surface area contributed by atoms with Crippen LogP contribution in [0.2, 0.25) is 0 Å². The summed E-state index contributed by atoms with van der Waals surface area (Å²) in [5.41, 5.74) is 3.93. The molecule has 2 rings (SSSR count). The lowest BCUT2D eigenvalue weighted by Crippen LogP contribution is -2.02. The van der Waals surface area contributed by atoms with E-state index in [0.717, 1.165) is 23.9 Å². The molecular formula is C16H21NO2. The average molecular weight is 259 g/mol.